The van der Waals surface area contributed by atoms with E-state index in [4.69, 9.17) is 9.57 Å². The average molecular weight is 223 g/mol. The largest absolute Gasteiger partial charge is 0.362 e. The van der Waals surface area contributed by atoms with Crippen LogP contribution in [0.5, 0.6) is 0 Å². The van der Waals surface area contributed by atoms with Crippen LogP contribution in [0, 0.1) is 0 Å². The van der Waals surface area contributed by atoms with E-state index in [9.17, 15) is 0 Å². The molecule has 1 aliphatic heterocycles. The molecule has 88 valence electrons. The normalized spacial score (nSPS) is 22.4. The highest BCUT2D eigenvalue weighted by molar-refractivity contribution is 5.38. The van der Waals surface area contributed by atoms with Gasteiger partial charge < -0.3 is 9.64 Å². The summed E-state index contributed by atoms with van der Waals surface area (Å²) in [4.78, 5) is 11.8. The van der Waals surface area contributed by atoms with E-state index in [0.717, 1.165) is 25.5 Å². The molecule has 2 rings (SSSR count). The van der Waals surface area contributed by atoms with Crippen LogP contribution in [0.15, 0.2) is 24.4 Å². The number of rotatable bonds is 3. The molecule has 1 atom stereocenters. The van der Waals surface area contributed by atoms with Crippen molar-refractivity contribution in [2.75, 3.05) is 38.8 Å². The summed E-state index contributed by atoms with van der Waals surface area (Å²) in [6, 6.07) is 5.92. The Labute approximate surface area is 95.5 Å². The van der Waals surface area contributed by atoms with Crippen molar-refractivity contribution in [3.05, 3.63) is 24.4 Å². The van der Waals surface area contributed by atoms with Crippen LogP contribution in [-0.4, -0.2) is 50.1 Å². The third-order valence-electron chi connectivity index (χ3n) is 2.77. The van der Waals surface area contributed by atoms with Gasteiger partial charge in [0.2, 0.25) is 0 Å². The van der Waals surface area contributed by atoms with E-state index in [1.165, 1.54) is 0 Å². The maximum Gasteiger partial charge on any atom is 0.150 e. The summed E-state index contributed by atoms with van der Waals surface area (Å²) in [6.07, 6.45) is 1.76. The number of piperazine rings is 1. The van der Waals surface area contributed by atoms with Crippen molar-refractivity contribution in [1.29, 1.82) is 0 Å². The Morgan fingerprint density at radius 3 is 2.81 bits per heavy atom. The first kappa shape index (κ1) is 11.3. The average Bonchev–Trinajstić information content (AvgIpc) is 2.39. The van der Waals surface area contributed by atoms with E-state index in [0.29, 0.717) is 0 Å². The quantitative estimate of drug-likeness (QED) is 0.755. The van der Waals surface area contributed by atoms with E-state index in [-0.39, 0.29) is 6.23 Å². The molecule has 0 amide bonds. The number of methoxy groups -OCH3 is 1. The molecule has 1 aromatic heterocycles. The summed E-state index contributed by atoms with van der Waals surface area (Å²) in [5.74, 6) is 0.986. The molecule has 1 aliphatic rings. The number of hydrogen-bond acceptors (Lipinski definition) is 5. The second-order valence-corrected chi connectivity index (χ2v) is 3.65. The Hall–Kier alpha value is -1.17. The van der Waals surface area contributed by atoms with Crippen molar-refractivity contribution in [3.63, 3.8) is 0 Å². The Bertz CT molecular complexity index is 320. The molecule has 0 spiro atoms. The first-order valence-electron chi connectivity index (χ1n) is 5.34. The zero-order chi connectivity index (χ0) is 11.4. The zero-order valence-electron chi connectivity index (χ0n) is 9.67. The lowest BCUT2D eigenvalue weighted by atomic mass is 10.3. The van der Waals surface area contributed by atoms with Crippen LogP contribution in [0.2, 0.25) is 0 Å². The summed E-state index contributed by atoms with van der Waals surface area (Å²) < 4.78 is 5.38. The Kier molecular flexibility index (Phi) is 3.71. The minimum Gasteiger partial charge on any atom is -0.362 e. The highest BCUT2D eigenvalue weighted by Gasteiger charge is 2.27. The highest BCUT2D eigenvalue weighted by Crippen LogP contribution is 2.16. The molecule has 0 radical (unpaired) electrons. The van der Waals surface area contributed by atoms with Crippen molar-refractivity contribution in [1.82, 2.24) is 10.0 Å². The number of hydroxylamine groups is 2. The number of aromatic nitrogens is 1. The van der Waals surface area contributed by atoms with Crippen molar-refractivity contribution in [2.45, 2.75) is 6.23 Å². The van der Waals surface area contributed by atoms with Gasteiger partial charge in [0, 0.05) is 26.4 Å². The van der Waals surface area contributed by atoms with Gasteiger partial charge in [0.15, 0.2) is 0 Å². The molecular weight excluding hydrogens is 206 g/mol. The Balaban J connectivity index is 2.05. The van der Waals surface area contributed by atoms with Gasteiger partial charge in [0.1, 0.15) is 12.0 Å². The Morgan fingerprint density at radius 1 is 1.31 bits per heavy atom. The fourth-order valence-corrected chi connectivity index (χ4v) is 1.88. The molecule has 1 saturated heterocycles. The molecule has 5 nitrogen and oxygen atoms in total. The van der Waals surface area contributed by atoms with Gasteiger partial charge in [-0.25, -0.2) is 4.98 Å². The highest BCUT2D eigenvalue weighted by atomic mass is 16.7. The minimum atomic E-state index is -0.0410. The third kappa shape index (κ3) is 2.32. The van der Waals surface area contributed by atoms with Gasteiger partial charge in [-0.1, -0.05) is 6.07 Å². The molecule has 0 aliphatic carbocycles. The topological polar surface area (TPSA) is 37.8 Å². The van der Waals surface area contributed by atoms with Gasteiger partial charge in [-0.15, -0.1) is 0 Å². The molecule has 1 aromatic rings. The molecule has 0 saturated carbocycles. The van der Waals surface area contributed by atoms with Crippen LogP contribution in [0.1, 0.15) is 0 Å². The molecule has 5 heteroatoms. The predicted molar refractivity (Wildman–Crippen MR) is 61.0 cm³/mol. The SMILES string of the molecule is COC1CN(c2ccccn2)CCN1OC. The maximum atomic E-state index is 5.38. The van der Waals surface area contributed by atoms with Crippen LogP contribution in [0.3, 0.4) is 0 Å². The maximum absolute atomic E-state index is 5.38. The molecular formula is C11H17N3O2. The van der Waals surface area contributed by atoms with Crippen LogP contribution in [0.4, 0.5) is 5.82 Å². The molecule has 0 N–H and O–H groups in total. The molecule has 16 heavy (non-hydrogen) atoms. The van der Waals surface area contributed by atoms with E-state index in [1.54, 1.807) is 20.4 Å². The number of nitrogens with zero attached hydrogens (tertiary/aromatic N) is 3. The third-order valence-corrected chi connectivity index (χ3v) is 2.77. The summed E-state index contributed by atoms with van der Waals surface area (Å²) in [7, 11) is 3.36. The van der Waals surface area contributed by atoms with Crippen LogP contribution < -0.4 is 4.90 Å². The monoisotopic (exact) mass is 223 g/mol. The first-order chi connectivity index (χ1) is 7.85. The van der Waals surface area contributed by atoms with E-state index >= 15 is 0 Å². The Morgan fingerprint density at radius 2 is 2.19 bits per heavy atom. The summed E-state index contributed by atoms with van der Waals surface area (Å²) >= 11 is 0. The second kappa shape index (κ2) is 5.25. The lowest BCUT2D eigenvalue weighted by Crippen LogP contribution is -2.53. The molecule has 0 aromatic carbocycles. The lowest BCUT2D eigenvalue weighted by Gasteiger charge is -2.39. The van der Waals surface area contributed by atoms with Crippen LogP contribution >= 0.6 is 0 Å². The van der Waals surface area contributed by atoms with E-state index in [1.807, 2.05) is 23.3 Å². The smallest absolute Gasteiger partial charge is 0.150 e. The van der Waals surface area contributed by atoms with Gasteiger partial charge in [-0.05, 0) is 12.1 Å². The van der Waals surface area contributed by atoms with Crippen molar-refractivity contribution in [2.24, 2.45) is 0 Å². The molecule has 0 bridgehead atoms. The minimum absolute atomic E-state index is 0.0410. The van der Waals surface area contributed by atoms with Crippen molar-refractivity contribution in [3.8, 4) is 0 Å². The van der Waals surface area contributed by atoms with E-state index < -0.39 is 0 Å². The fraction of sp³-hybridized carbons (Fsp3) is 0.545. The molecule has 1 unspecified atom stereocenters. The van der Waals surface area contributed by atoms with Crippen molar-refractivity contribution >= 4 is 5.82 Å². The van der Waals surface area contributed by atoms with Crippen LogP contribution in [-0.2, 0) is 9.57 Å². The van der Waals surface area contributed by atoms with Gasteiger partial charge >= 0.3 is 0 Å². The van der Waals surface area contributed by atoms with Gasteiger partial charge in [-0.3, -0.25) is 4.84 Å². The van der Waals surface area contributed by atoms with Crippen LogP contribution in [0.25, 0.3) is 0 Å². The van der Waals surface area contributed by atoms with Gasteiger partial charge in [0.05, 0.1) is 13.7 Å². The summed E-state index contributed by atoms with van der Waals surface area (Å²) in [5, 5.41) is 1.85. The molecule has 2 heterocycles. The summed E-state index contributed by atoms with van der Waals surface area (Å²) in [6.45, 7) is 2.47. The number of hydrogen-bond donors (Lipinski definition) is 0. The zero-order valence-corrected chi connectivity index (χ0v) is 9.67. The van der Waals surface area contributed by atoms with Gasteiger partial charge in [0.25, 0.3) is 0 Å². The molecule has 1 fully saturated rings. The standard InChI is InChI=1S/C11H17N3O2/c1-15-11-9-13(7-8-14(11)16-2)10-5-3-4-6-12-10/h3-6,11H,7-9H2,1-2H3. The predicted octanol–water partition coefficient (Wildman–Crippen LogP) is 0.737. The number of anilines is 1. The number of ether oxygens (including phenoxy) is 1. The number of pyridine rings is 1. The second-order valence-electron chi connectivity index (χ2n) is 3.65. The fourth-order valence-electron chi connectivity index (χ4n) is 1.88. The van der Waals surface area contributed by atoms with E-state index in [2.05, 4.69) is 9.88 Å². The first-order valence-corrected chi connectivity index (χ1v) is 5.34. The van der Waals surface area contributed by atoms with Gasteiger partial charge in [-0.2, -0.15) is 5.06 Å². The van der Waals surface area contributed by atoms with Crippen molar-refractivity contribution < 1.29 is 9.57 Å². The summed E-state index contributed by atoms with van der Waals surface area (Å²) in [5.41, 5.74) is 0. The lowest BCUT2D eigenvalue weighted by molar-refractivity contribution is -0.232.